The van der Waals surface area contributed by atoms with Crippen LogP contribution in [0.1, 0.15) is 50.5 Å². The number of nitrogens with zero attached hydrogens (tertiary/aromatic N) is 1. The Morgan fingerprint density at radius 2 is 1.64 bits per heavy atom. The molecule has 132 valence electrons. The molecule has 25 heavy (non-hydrogen) atoms. The van der Waals surface area contributed by atoms with Crippen molar-refractivity contribution in [3.63, 3.8) is 0 Å². The lowest BCUT2D eigenvalue weighted by molar-refractivity contribution is -0.0155. The van der Waals surface area contributed by atoms with E-state index in [2.05, 4.69) is 41.7 Å². The van der Waals surface area contributed by atoms with Crippen LogP contribution in [0.2, 0.25) is 0 Å². The fourth-order valence-electron chi connectivity index (χ4n) is 6.34. The van der Waals surface area contributed by atoms with E-state index in [-0.39, 0.29) is 11.6 Å². The molecule has 4 bridgehead atoms. The third-order valence-electron chi connectivity index (χ3n) is 7.05. The van der Waals surface area contributed by atoms with Crippen LogP contribution in [-0.2, 0) is 0 Å². The van der Waals surface area contributed by atoms with Crippen LogP contribution >= 0.6 is 0 Å². The molecule has 4 saturated carbocycles. The molecule has 0 spiro atoms. The van der Waals surface area contributed by atoms with Crippen LogP contribution < -0.4 is 5.32 Å². The quantitative estimate of drug-likeness (QED) is 0.850. The van der Waals surface area contributed by atoms with E-state index in [4.69, 9.17) is 0 Å². The number of urea groups is 1. The molecule has 1 aliphatic heterocycles. The smallest absolute Gasteiger partial charge is 0.318 e. The van der Waals surface area contributed by atoms with Gasteiger partial charge in [0.15, 0.2) is 0 Å². The molecule has 6 rings (SSSR count). The SMILES string of the molecule is O=C(NC12CC3CC(CC(C3)C1)C2)N1CC=C(c2ccccc2)CC1. The fraction of sp³-hybridized carbons (Fsp3) is 0.591. The highest BCUT2D eigenvalue weighted by Gasteiger charge is 2.51. The van der Waals surface area contributed by atoms with Gasteiger partial charge in [0.2, 0.25) is 0 Å². The van der Waals surface area contributed by atoms with E-state index in [1.54, 1.807) is 0 Å². The summed E-state index contributed by atoms with van der Waals surface area (Å²) in [4.78, 5) is 14.9. The summed E-state index contributed by atoms with van der Waals surface area (Å²) in [5, 5.41) is 3.51. The van der Waals surface area contributed by atoms with Crippen LogP contribution in [0.4, 0.5) is 4.79 Å². The molecule has 4 aliphatic carbocycles. The van der Waals surface area contributed by atoms with Gasteiger partial charge in [-0.1, -0.05) is 36.4 Å². The Morgan fingerprint density at radius 3 is 2.20 bits per heavy atom. The summed E-state index contributed by atoms with van der Waals surface area (Å²) < 4.78 is 0. The predicted octanol–water partition coefficient (Wildman–Crippen LogP) is 4.45. The minimum absolute atomic E-state index is 0.120. The Kier molecular flexibility index (Phi) is 3.65. The molecule has 2 amide bonds. The van der Waals surface area contributed by atoms with Gasteiger partial charge in [-0.05, 0) is 73.8 Å². The minimum atomic E-state index is 0.120. The summed E-state index contributed by atoms with van der Waals surface area (Å²) in [6, 6.07) is 10.7. The van der Waals surface area contributed by atoms with E-state index in [0.717, 1.165) is 37.3 Å². The van der Waals surface area contributed by atoms with Gasteiger partial charge in [0.25, 0.3) is 0 Å². The van der Waals surface area contributed by atoms with Gasteiger partial charge in [-0.25, -0.2) is 4.79 Å². The van der Waals surface area contributed by atoms with Gasteiger partial charge in [0.1, 0.15) is 0 Å². The van der Waals surface area contributed by atoms with Crippen molar-refractivity contribution in [2.24, 2.45) is 17.8 Å². The summed E-state index contributed by atoms with van der Waals surface area (Å²) >= 11 is 0. The van der Waals surface area contributed by atoms with E-state index < -0.39 is 0 Å². The molecule has 0 atom stereocenters. The second kappa shape index (κ2) is 5.89. The first kappa shape index (κ1) is 15.5. The van der Waals surface area contributed by atoms with Crippen molar-refractivity contribution < 1.29 is 4.79 Å². The van der Waals surface area contributed by atoms with Crippen molar-refractivity contribution in [1.29, 1.82) is 0 Å². The maximum absolute atomic E-state index is 12.9. The fourth-order valence-corrected chi connectivity index (χ4v) is 6.34. The van der Waals surface area contributed by atoms with Crippen LogP contribution in [0.3, 0.4) is 0 Å². The Labute approximate surface area is 150 Å². The average molecular weight is 336 g/mol. The average Bonchev–Trinajstić information content (AvgIpc) is 2.61. The van der Waals surface area contributed by atoms with Crippen LogP contribution in [-0.4, -0.2) is 29.6 Å². The maximum Gasteiger partial charge on any atom is 0.318 e. The van der Waals surface area contributed by atoms with Gasteiger partial charge < -0.3 is 10.2 Å². The number of hydrogen-bond donors (Lipinski definition) is 1. The zero-order valence-electron chi connectivity index (χ0n) is 14.9. The molecule has 3 heteroatoms. The first-order chi connectivity index (χ1) is 12.2. The normalized spacial score (nSPS) is 36.2. The second-order valence-electron chi connectivity index (χ2n) is 8.92. The molecule has 4 fully saturated rings. The molecule has 1 aromatic carbocycles. The highest BCUT2D eigenvalue weighted by atomic mass is 16.2. The molecule has 5 aliphatic rings. The highest BCUT2D eigenvalue weighted by Crippen LogP contribution is 2.55. The van der Waals surface area contributed by atoms with Crippen LogP contribution in [0.25, 0.3) is 5.57 Å². The van der Waals surface area contributed by atoms with Crippen LogP contribution in [0.15, 0.2) is 36.4 Å². The molecule has 0 saturated heterocycles. The van der Waals surface area contributed by atoms with Gasteiger partial charge in [-0.15, -0.1) is 0 Å². The number of carbonyl (C=O) groups is 1. The first-order valence-corrected chi connectivity index (χ1v) is 10.0. The third kappa shape index (κ3) is 2.88. The van der Waals surface area contributed by atoms with E-state index in [1.165, 1.54) is 49.7 Å². The van der Waals surface area contributed by atoms with E-state index in [0.29, 0.717) is 0 Å². The molecule has 0 radical (unpaired) electrons. The van der Waals surface area contributed by atoms with Crippen molar-refractivity contribution in [2.45, 2.75) is 50.5 Å². The summed E-state index contributed by atoms with van der Waals surface area (Å²) in [5.41, 5.74) is 2.79. The van der Waals surface area contributed by atoms with E-state index in [9.17, 15) is 4.79 Å². The molecule has 3 nitrogen and oxygen atoms in total. The van der Waals surface area contributed by atoms with Crippen molar-refractivity contribution in [2.75, 3.05) is 13.1 Å². The predicted molar refractivity (Wildman–Crippen MR) is 100 cm³/mol. The van der Waals surface area contributed by atoms with Gasteiger partial charge in [-0.3, -0.25) is 0 Å². The Balaban J connectivity index is 1.25. The summed E-state index contributed by atoms with van der Waals surface area (Å²) in [5.74, 6) is 2.62. The zero-order valence-corrected chi connectivity index (χ0v) is 14.9. The van der Waals surface area contributed by atoms with Crippen molar-refractivity contribution >= 4 is 11.6 Å². The standard InChI is InChI=1S/C22H28N2O/c25-21(23-22-13-16-10-17(14-22)12-18(11-16)15-22)24-8-6-20(7-9-24)19-4-2-1-3-5-19/h1-6,16-18H,7-15H2,(H,23,25). The van der Waals surface area contributed by atoms with Gasteiger partial charge in [0.05, 0.1) is 0 Å². The lowest BCUT2D eigenvalue weighted by Crippen LogP contribution is -2.62. The summed E-state index contributed by atoms with van der Waals surface area (Å²) in [6.07, 6.45) is 11.1. The highest BCUT2D eigenvalue weighted by molar-refractivity contribution is 5.77. The molecule has 1 aromatic rings. The molecule has 1 heterocycles. The van der Waals surface area contributed by atoms with Gasteiger partial charge in [-0.2, -0.15) is 0 Å². The maximum atomic E-state index is 12.9. The van der Waals surface area contributed by atoms with Gasteiger partial charge in [0, 0.05) is 18.6 Å². The summed E-state index contributed by atoms with van der Waals surface area (Å²) in [6.45, 7) is 1.57. The molecular formula is C22H28N2O. The van der Waals surface area contributed by atoms with Crippen molar-refractivity contribution in [3.8, 4) is 0 Å². The van der Waals surface area contributed by atoms with Gasteiger partial charge >= 0.3 is 6.03 Å². The Bertz CT molecular complexity index is 658. The second-order valence-corrected chi connectivity index (χ2v) is 8.92. The third-order valence-corrected chi connectivity index (χ3v) is 7.05. The van der Waals surface area contributed by atoms with E-state index >= 15 is 0 Å². The lowest BCUT2D eigenvalue weighted by Gasteiger charge is -2.57. The molecule has 1 N–H and O–H groups in total. The number of hydrogen-bond acceptors (Lipinski definition) is 1. The van der Waals surface area contributed by atoms with Crippen LogP contribution in [0, 0.1) is 17.8 Å². The monoisotopic (exact) mass is 336 g/mol. The summed E-state index contributed by atoms with van der Waals surface area (Å²) in [7, 11) is 0. The first-order valence-electron chi connectivity index (χ1n) is 10.0. The van der Waals surface area contributed by atoms with Crippen molar-refractivity contribution in [3.05, 3.63) is 42.0 Å². The number of carbonyl (C=O) groups excluding carboxylic acids is 1. The zero-order chi connectivity index (χ0) is 16.9. The number of rotatable bonds is 2. The number of benzene rings is 1. The molecular weight excluding hydrogens is 308 g/mol. The lowest BCUT2D eigenvalue weighted by atomic mass is 9.53. The van der Waals surface area contributed by atoms with Crippen molar-refractivity contribution in [1.82, 2.24) is 10.2 Å². The molecule has 0 unspecified atom stereocenters. The largest absolute Gasteiger partial charge is 0.333 e. The molecule has 0 aromatic heterocycles. The van der Waals surface area contributed by atoms with E-state index in [1.807, 2.05) is 4.90 Å². The number of amides is 2. The topological polar surface area (TPSA) is 32.3 Å². The number of nitrogens with one attached hydrogen (secondary N) is 1. The Hall–Kier alpha value is -1.77. The minimum Gasteiger partial charge on any atom is -0.333 e. The van der Waals surface area contributed by atoms with Crippen LogP contribution in [0.5, 0.6) is 0 Å². The Morgan fingerprint density at radius 1 is 1.00 bits per heavy atom.